The number of aryl methyl sites for hydroxylation is 1. The highest BCUT2D eigenvalue weighted by Gasteiger charge is 2.07. The third-order valence-electron chi connectivity index (χ3n) is 2.66. The second-order valence-electron chi connectivity index (χ2n) is 4.13. The fourth-order valence-corrected chi connectivity index (χ4v) is 2.13. The Morgan fingerprint density at radius 2 is 2.00 bits per heavy atom. The van der Waals surface area contributed by atoms with E-state index in [1.807, 2.05) is 25.1 Å². The topological polar surface area (TPSA) is 48.1 Å². The summed E-state index contributed by atoms with van der Waals surface area (Å²) in [5.74, 6) is 0.680. The van der Waals surface area contributed by atoms with Crippen LogP contribution in [0.4, 0.5) is 0 Å². The number of pyridine rings is 1. The van der Waals surface area contributed by atoms with Gasteiger partial charge in [0.1, 0.15) is 12.4 Å². The SMILES string of the molecule is Cc1ccc(OCc2ccc(Cl)cc2Cl)c(CN)n1. The van der Waals surface area contributed by atoms with E-state index in [9.17, 15) is 0 Å². The van der Waals surface area contributed by atoms with Crippen molar-refractivity contribution in [2.24, 2.45) is 5.73 Å². The molecule has 0 aliphatic carbocycles. The number of benzene rings is 1. The highest BCUT2D eigenvalue weighted by molar-refractivity contribution is 6.35. The van der Waals surface area contributed by atoms with E-state index in [1.54, 1.807) is 12.1 Å². The molecule has 2 aromatic rings. The van der Waals surface area contributed by atoms with Crippen LogP contribution in [0.5, 0.6) is 5.75 Å². The molecule has 1 aromatic carbocycles. The van der Waals surface area contributed by atoms with Crippen molar-refractivity contribution in [1.82, 2.24) is 4.98 Å². The van der Waals surface area contributed by atoms with Gasteiger partial charge >= 0.3 is 0 Å². The van der Waals surface area contributed by atoms with Gasteiger partial charge in [0.2, 0.25) is 0 Å². The number of nitrogens with zero attached hydrogens (tertiary/aromatic N) is 1. The van der Waals surface area contributed by atoms with E-state index in [-0.39, 0.29) is 0 Å². The van der Waals surface area contributed by atoms with Crippen molar-refractivity contribution in [3.63, 3.8) is 0 Å². The van der Waals surface area contributed by atoms with Crippen LogP contribution in [0.3, 0.4) is 0 Å². The molecule has 3 nitrogen and oxygen atoms in total. The van der Waals surface area contributed by atoms with Crippen molar-refractivity contribution in [1.29, 1.82) is 0 Å². The standard InChI is InChI=1S/C14H14Cl2N2O/c1-9-2-5-14(13(7-17)18-9)19-8-10-3-4-11(15)6-12(10)16/h2-6H,7-8,17H2,1H3. The minimum Gasteiger partial charge on any atom is -0.487 e. The zero-order valence-corrected chi connectivity index (χ0v) is 12.0. The monoisotopic (exact) mass is 296 g/mol. The average molecular weight is 297 g/mol. The fourth-order valence-electron chi connectivity index (χ4n) is 1.67. The first-order valence-corrected chi connectivity index (χ1v) is 6.59. The van der Waals surface area contributed by atoms with Gasteiger partial charge in [0.25, 0.3) is 0 Å². The van der Waals surface area contributed by atoms with E-state index in [1.165, 1.54) is 0 Å². The molecule has 0 spiro atoms. The molecule has 2 rings (SSSR count). The van der Waals surface area contributed by atoms with Crippen LogP contribution in [0.15, 0.2) is 30.3 Å². The number of rotatable bonds is 4. The van der Waals surface area contributed by atoms with Gasteiger partial charge < -0.3 is 10.5 Å². The maximum atomic E-state index is 6.09. The first-order valence-electron chi connectivity index (χ1n) is 5.83. The van der Waals surface area contributed by atoms with Crippen LogP contribution in [0.25, 0.3) is 0 Å². The average Bonchev–Trinajstić information content (AvgIpc) is 2.39. The highest BCUT2D eigenvalue weighted by atomic mass is 35.5. The Bertz CT molecular complexity index is 588. The maximum absolute atomic E-state index is 6.09. The van der Waals surface area contributed by atoms with Crippen LogP contribution in [0, 0.1) is 6.92 Å². The lowest BCUT2D eigenvalue weighted by Gasteiger charge is -2.11. The lowest BCUT2D eigenvalue weighted by Crippen LogP contribution is -2.06. The van der Waals surface area contributed by atoms with E-state index in [4.69, 9.17) is 33.7 Å². The fraction of sp³-hybridized carbons (Fsp3) is 0.214. The molecule has 0 aliphatic heterocycles. The van der Waals surface area contributed by atoms with Crippen molar-refractivity contribution >= 4 is 23.2 Å². The van der Waals surface area contributed by atoms with Gasteiger partial charge in [0, 0.05) is 27.8 Å². The van der Waals surface area contributed by atoms with Crippen LogP contribution in [0.2, 0.25) is 10.0 Å². The summed E-state index contributed by atoms with van der Waals surface area (Å²) in [6.45, 7) is 2.61. The van der Waals surface area contributed by atoms with Crippen molar-refractivity contribution in [3.8, 4) is 5.75 Å². The van der Waals surface area contributed by atoms with Gasteiger partial charge in [0.05, 0.1) is 5.69 Å². The molecule has 0 bridgehead atoms. The molecular formula is C14H14Cl2N2O. The number of ether oxygens (including phenoxy) is 1. The lowest BCUT2D eigenvalue weighted by atomic mass is 10.2. The summed E-state index contributed by atoms with van der Waals surface area (Å²) in [7, 11) is 0. The van der Waals surface area contributed by atoms with E-state index >= 15 is 0 Å². The molecule has 0 saturated carbocycles. The number of hydrogen-bond donors (Lipinski definition) is 1. The minimum absolute atomic E-state index is 0.339. The smallest absolute Gasteiger partial charge is 0.142 e. The Labute approximate surface area is 122 Å². The van der Waals surface area contributed by atoms with Crippen molar-refractivity contribution in [3.05, 3.63) is 57.3 Å². The van der Waals surface area contributed by atoms with E-state index in [0.29, 0.717) is 28.9 Å². The number of hydrogen-bond acceptors (Lipinski definition) is 3. The first kappa shape index (κ1) is 14.1. The molecule has 0 radical (unpaired) electrons. The van der Waals surface area contributed by atoms with E-state index in [0.717, 1.165) is 17.0 Å². The maximum Gasteiger partial charge on any atom is 0.142 e. The number of aromatic nitrogens is 1. The molecule has 1 heterocycles. The van der Waals surface area contributed by atoms with Gasteiger partial charge in [-0.05, 0) is 31.2 Å². The third kappa shape index (κ3) is 3.60. The van der Waals surface area contributed by atoms with Crippen LogP contribution in [0.1, 0.15) is 17.0 Å². The first-order chi connectivity index (χ1) is 9.10. The molecule has 0 aliphatic rings. The van der Waals surface area contributed by atoms with E-state index < -0.39 is 0 Å². The zero-order valence-electron chi connectivity index (χ0n) is 10.5. The Hall–Kier alpha value is -1.29. The van der Waals surface area contributed by atoms with Gasteiger partial charge in [-0.15, -0.1) is 0 Å². The molecule has 0 fully saturated rings. The second kappa shape index (κ2) is 6.24. The van der Waals surface area contributed by atoms with Gasteiger partial charge in [-0.1, -0.05) is 29.3 Å². The lowest BCUT2D eigenvalue weighted by molar-refractivity contribution is 0.301. The van der Waals surface area contributed by atoms with Crippen LogP contribution < -0.4 is 10.5 Å². The molecule has 2 N–H and O–H groups in total. The van der Waals surface area contributed by atoms with Crippen LogP contribution in [-0.2, 0) is 13.2 Å². The van der Waals surface area contributed by atoms with Gasteiger partial charge in [0.15, 0.2) is 0 Å². The van der Waals surface area contributed by atoms with Gasteiger partial charge in [-0.25, -0.2) is 0 Å². The summed E-state index contributed by atoms with van der Waals surface area (Å²) < 4.78 is 5.72. The second-order valence-corrected chi connectivity index (χ2v) is 4.97. The Morgan fingerprint density at radius 3 is 2.68 bits per heavy atom. The predicted octanol–water partition coefficient (Wildman–Crippen LogP) is 3.73. The summed E-state index contributed by atoms with van der Waals surface area (Å²) in [5, 5.41) is 1.19. The summed E-state index contributed by atoms with van der Waals surface area (Å²) in [4.78, 5) is 4.34. The molecule has 1 aromatic heterocycles. The summed E-state index contributed by atoms with van der Waals surface area (Å²) in [5.41, 5.74) is 8.18. The zero-order chi connectivity index (χ0) is 13.8. The number of nitrogens with two attached hydrogens (primary N) is 1. The molecular weight excluding hydrogens is 283 g/mol. The van der Waals surface area contributed by atoms with Gasteiger partial charge in [-0.3, -0.25) is 4.98 Å². The molecule has 0 saturated heterocycles. The normalized spacial score (nSPS) is 10.5. The quantitative estimate of drug-likeness (QED) is 0.935. The summed E-state index contributed by atoms with van der Waals surface area (Å²) >= 11 is 11.9. The highest BCUT2D eigenvalue weighted by Crippen LogP contribution is 2.23. The molecule has 5 heteroatoms. The molecule has 0 atom stereocenters. The molecule has 100 valence electrons. The van der Waals surface area contributed by atoms with Crippen molar-refractivity contribution in [2.75, 3.05) is 0 Å². The molecule has 19 heavy (non-hydrogen) atoms. The summed E-state index contributed by atoms with van der Waals surface area (Å²) in [6.07, 6.45) is 0. The molecule has 0 amide bonds. The summed E-state index contributed by atoms with van der Waals surface area (Å²) in [6, 6.07) is 9.07. The largest absolute Gasteiger partial charge is 0.487 e. The number of halogens is 2. The van der Waals surface area contributed by atoms with Gasteiger partial charge in [-0.2, -0.15) is 0 Å². The van der Waals surface area contributed by atoms with E-state index in [2.05, 4.69) is 4.98 Å². The Balaban J connectivity index is 2.14. The molecule has 0 unspecified atom stereocenters. The Kier molecular flexibility index (Phi) is 4.64. The van der Waals surface area contributed by atoms with Crippen molar-refractivity contribution < 1.29 is 4.74 Å². The third-order valence-corrected chi connectivity index (χ3v) is 3.25. The van der Waals surface area contributed by atoms with Crippen LogP contribution in [-0.4, -0.2) is 4.98 Å². The predicted molar refractivity (Wildman–Crippen MR) is 77.7 cm³/mol. The van der Waals surface area contributed by atoms with Crippen molar-refractivity contribution in [2.45, 2.75) is 20.1 Å². The van der Waals surface area contributed by atoms with Crippen LogP contribution >= 0.6 is 23.2 Å². The Morgan fingerprint density at radius 1 is 1.21 bits per heavy atom. The minimum atomic E-state index is 0.339.